The SMILES string of the molecule is COCc1cnc(N2CCC(C3C[C@H]3CCO)CC2)nc1. The van der Waals surface area contributed by atoms with Gasteiger partial charge in [0.1, 0.15) is 0 Å². The van der Waals surface area contributed by atoms with Crippen molar-refractivity contribution in [1.82, 2.24) is 9.97 Å². The summed E-state index contributed by atoms with van der Waals surface area (Å²) in [5.74, 6) is 3.34. The van der Waals surface area contributed by atoms with Crippen molar-refractivity contribution < 1.29 is 9.84 Å². The fourth-order valence-electron chi connectivity index (χ4n) is 3.63. The maximum Gasteiger partial charge on any atom is 0.225 e. The monoisotopic (exact) mass is 291 g/mol. The first-order valence-electron chi connectivity index (χ1n) is 7.97. The molecule has 2 heterocycles. The van der Waals surface area contributed by atoms with Gasteiger partial charge >= 0.3 is 0 Å². The number of aliphatic hydroxyl groups excluding tert-OH is 1. The second kappa shape index (κ2) is 6.71. The number of anilines is 1. The molecular formula is C16H25N3O2. The standard InChI is InChI=1S/C16H25N3O2/c1-21-11-12-9-17-16(18-10-12)19-5-2-13(3-6-19)15-8-14(15)4-7-20/h9-10,13-15,20H,2-8,11H2,1H3/t14-,15?/m1/s1. The topological polar surface area (TPSA) is 58.5 Å². The van der Waals surface area contributed by atoms with Gasteiger partial charge in [0.05, 0.1) is 6.61 Å². The van der Waals surface area contributed by atoms with E-state index in [9.17, 15) is 0 Å². The summed E-state index contributed by atoms with van der Waals surface area (Å²) in [5, 5.41) is 9.01. The molecule has 5 heteroatoms. The molecule has 0 spiro atoms. The molecule has 1 saturated carbocycles. The van der Waals surface area contributed by atoms with Crippen LogP contribution in [-0.4, -0.2) is 41.9 Å². The molecule has 1 unspecified atom stereocenters. The van der Waals surface area contributed by atoms with Crippen molar-refractivity contribution in [3.8, 4) is 0 Å². The van der Waals surface area contributed by atoms with Crippen LogP contribution in [0.2, 0.25) is 0 Å². The Hall–Kier alpha value is -1.20. The zero-order chi connectivity index (χ0) is 14.7. The smallest absolute Gasteiger partial charge is 0.225 e. The van der Waals surface area contributed by atoms with Crippen LogP contribution in [0.25, 0.3) is 0 Å². The van der Waals surface area contributed by atoms with E-state index in [1.54, 1.807) is 7.11 Å². The maximum absolute atomic E-state index is 9.01. The molecule has 5 nitrogen and oxygen atoms in total. The molecule has 2 aliphatic rings. The Labute approximate surface area is 126 Å². The van der Waals surface area contributed by atoms with Crippen molar-refractivity contribution in [3.05, 3.63) is 18.0 Å². The van der Waals surface area contributed by atoms with Crippen molar-refractivity contribution >= 4 is 5.95 Å². The Kier molecular flexibility index (Phi) is 4.70. The number of methoxy groups -OCH3 is 1. The van der Waals surface area contributed by atoms with Gasteiger partial charge in [-0.3, -0.25) is 0 Å². The molecule has 1 aromatic heterocycles. The Morgan fingerprint density at radius 3 is 2.62 bits per heavy atom. The third kappa shape index (κ3) is 3.52. The van der Waals surface area contributed by atoms with Gasteiger partial charge in [-0.2, -0.15) is 0 Å². The van der Waals surface area contributed by atoms with Gasteiger partial charge in [0.2, 0.25) is 5.95 Å². The molecule has 3 rings (SSSR count). The van der Waals surface area contributed by atoms with Gasteiger partial charge < -0.3 is 14.7 Å². The molecule has 0 radical (unpaired) electrons. The highest BCUT2D eigenvalue weighted by molar-refractivity contribution is 5.30. The molecule has 2 atom stereocenters. The normalized spacial score (nSPS) is 26.1. The number of ether oxygens (including phenoxy) is 1. The largest absolute Gasteiger partial charge is 0.396 e. The van der Waals surface area contributed by atoms with E-state index in [0.717, 1.165) is 48.8 Å². The summed E-state index contributed by atoms with van der Waals surface area (Å²) >= 11 is 0. The van der Waals surface area contributed by atoms with Crippen LogP contribution in [0.1, 0.15) is 31.2 Å². The average Bonchev–Trinajstić information content (AvgIpc) is 3.28. The van der Waals surface area contributed by atoms with Crippen molar-refractivity contribution in [2.24, 2.45) is 17.8 Å². The first-order chi connectivity index (χ1) is 10.3. The Morgan fingerprint density at radius 1 is 1.29 bits per heavy atom. The molecule has 0 aromatic carbocycles. The van der Waals surface area contributed by atoms with E-state index in [1.165, 1.54) is 19.3 Å². The van der Waals surface area contributed by atoms with Gasteiger partial charge in [-0.05, 0) is 43.4 Å². The number of aliphatic hydroxyl groups is 1. The van der Waals surface area contributed by atoms with Crippen LogP contribution in [0.5, 0.6) is 0 Å². The summed E-state index contributed by atoms with van der Waals surface area (Å²) in [6.45, 7) is 3.02. The molecule has 1 saturated heterocycles. The molecular weight excluding hydrogens is 266 g/mol. The van der Waals surface area contributed by atoms with Crippen LogP contribution in [0, 0.1) is 17.8 Å². The maximum atomic E-state index is 9.01. The number of hydrogen-bond donors (Lipinski definition) is 1. The molecule has 1 N–H and O–H groups in total. The molecule has 0 bridgehead atoms. The van der Waals surface area contributed by atoms with Crippen LogP contribution in [0.3, 0.4) is 0 Å². The van der Waals surface area contributed by atoms with Gasteiger partial charge in [0, 0.05) is 44.8 Å². The zero-order valence-corrected chi connectivity index (χ0v) is 12.7. The second-order valence-electron chi connectivity index (χ2n) is 6.32. The van der Waals surface area contributed by atoms with Crippen molar-refractivity contribution in [3.63, 3.8) is 0 Å². The summed E-state index contributed by atoms with van der Waals surface area (Å²) in [5.41, 5.74) is 1.01. The fraction of sp³-hybridized carbons (Fsp3) is 0.750. The van der Waals surface area contributed by atoms with Crippen LogP contribution < -0.4 is 4.90 Å². The molecule has 1 aromatic rings. The molecule has 1 aliphatic heterocycles. The molecule has 21 heavy (non-hydrogen) atoms. The minimum Gasteiger partial charge on any atom is -0.396 e. The Bertz CT molecular complexity index is 443. The quantitative estimate of drug-likeness (QED) is 0.867. The number of piperidine rings is 1. The van der Waals surface area contributed by atoms with Crippen molar-refractivity contribution in [1.29, 1.82) is 0 Å². The first kappa shape index (κ1) is 14.7. The highest BCUT2D eigenvalue weighted by Crippen LogP contribution is 2.49. The first-order valence-corrected chi connectivity index (χ1v) is 7.97. The number of hydrogen-bond acceptors (Lipinski definition) is 5. The Morgan fingerprint density at radius 2 is 2.00 bits per heavy atom. The van der Waals surface area contributed by atoms with Gasteiger partial charge in [-0.25, -0.2) is 9.97 Å². The zero-order valence-electron chi connectivity index (χ0n) is 12.7. The fourth-order valence-corrected chi connectivity index (χ4v) is 3.63. The minimum atomic E-state index is 0.349. The van der Waals surface area contributed by atoms with E-state index in [-0.39, 0.29) is 0 Å². The van der Waals surface area contributed by atoms with Gasteiger partial charge in [0.15, 0.2) is 0 Å². The molecule has 0 amide bonds. The van der Waals surface area contributed by atoms with Gasteiger partial charge in [-0.1, -0.05) is 0 Å². The summed E-state index contributed by atoms with van der Waals surface area (Å²) in [4.78, 5) is 11.2. The summed E-state index contributed by atoms with van der Waals surface area (Å²) in [7, 11) is 1.68. The molecule has 1 aliphatic carbocycles. The van der Waals surface area contributed by atoms with E-state index >= 15 is 0 Å². The third-order valence-electron chi connectivity index (χ3n) is 4.91. The average molecular weight is 291 g/mol. The lowest BCUT2D eigenvalue weighted by atomic mass is 9.90. The lowest BCUT2D eigenvalue weighted by molar-refractivity contribution is 0.184. The van der Waals surface area contributed by atoms with E-state index in [0.29, 0.717) is 13.2 Å². The van der Waals surface area contributed by atoms with Crippen LogP contribution in [-0.2, 0) is 11.3 Å². The predicted molar refractivity (Wildman–Crippen MR) is 81.0 cm³/mol. The number of nitrogens with zero attached hydrogens (tertiary/aromatic N) is 3. The summed E-state index contributed by atoms with van der Waals surface area (Å²) < 4.78 is 5.08. The van der Waals surface area contributed by atoms with Crippen LogP contribution in [0.4, 0.5) is 5.95 Å². The van der Waals surface area contributed by atoms with Gasteiger partial charge in [0.25, 0.3) is 0 Å². The van der Waals surface area contributed by atoms with Gasteiger partial charge in [-0.15, -0.1) is 0 Å². The Balaban J connectivity index is 1.49. The second-order valence-corrected chi connectivity index (χ2v) is 6.32. The highest BCUT2D eigenvalue weighted by Gasteiger charge is 2.42. The van der Waals surface area contributed by atoms with Crippen LogP contribution in [0.15, 0.2) is 12.4 Å². The van der Waals surface area contributed by atoms with E-state index in [4.69, 9.17) is 9.84 Å². The van der Waals surface area contributed by atoms with E-state index in [2.05, 4.69) is 14.9 Å². The highest BCUT2D eigenvalue weighted by atomic mass is 16.5. The predicted octanol–water partition coefficient (Wildman–Crippen LogP) is 1.86. The minimum absolute atomic E-state index is 0.349. The summed E-state index contributed by atoms with van der Waals surface area (Å²) in [6.07, 6.45) is 8.50. The molecule has 116 valence electrons. The lowest BCUT2D eigenvalue weighted by Crippen LogP contribution is -2.35. The van der Waals surface area contributed by atoms with Crippen LogP contribution >= 0.6 is 0 Å². The molecule has 2 fully saturated rings. The third-order valence-corrected chi connectivity index (χ3v) is 4.91. The lowest BCUT2D eigenvalue weighted by Gasteiger charge is -2.32. The summed E-state index contributed by atoms with van der Waals surface area (Å²) in [6, 6.07) is 0. The number of rotatable bonds is 6. The van der Waals surface area contributed by atoms with Crippen molar-refractivity contribution in [2.45, 2.75) is 32.3 Å². The van der Waals surface area contributed by atoms with E-state index < -0.39 is 0 Å². The number of aromatic nitrogens is 2. The van der Waals surface area contributed by atoms with Crippen molar-refractivity contribution in [2.75, 3.05) is 31.7 Å². The van der Waals surface area contributed by atoms with E-state index in [1.807, 2.05) is 12.4 Å².